The van der Waals surface area contributed by atoms with Crippen LogP contribution < -0.4 is 5.73 Å². The molecular formula is C29H30ClN3O7. The molecule has 2 aromatic rings. The van der Waals surface area contributed by atoms with Crippen LogP contribution in [0.1, 0.15) is 34.3 Å². The second kappa shape index (κ2) is 9.04. The minimum Gasteiger partial charge on any atom is -0.510 e. The number of likely N-dealkylation sites (N-methyl/N-ethyl adjacent to an activating group) is 1. The Labute approximate surface area is 234 Å². The number of Topliss-reactive ketones (excluding diaryl/α,β-unsaturated/α-hetero) is 2. The highest BCUT2D eigenvalue weighted by molar-refractivity contribution is 6.38. The normalized spacial score (nSPS) is 28.5. The predicted molar refractivity (Wildman–Crippen MR) is 146 cm³/mol. The third-order valence-electron chi connectivity index (χ3n) is 9.05. The Morgan fingerprint density at radius 3 is 2.48 bits per heavy atom. The van der Waals surface area contributed by atoms with E-state index < -0.39 is 58.0 Å². The van der Waals surface area contributed by atoms with Crippen molar-refractivity contribution in [3.63, 3.8) is 0 Å². The first-order valence-electron chi connectivity index (χ1n) is 13.2. The highest BCUT2D eigenvalue weighted by Gasteiger charge is 2.63. The van der Waals surface area contributed by atoms with Gasteiger partial charge < -0.3 is 26.2 Å². The average Bonchev–Trinajstić information content (AvgIpc) is 2.86. The maximum absolute atomic E-state index is 14.0. The number of phenols is 1. The number of aliphatic hydroxyl groups excluding tert-OH is 2. The number of rotatable bonds is 4. The lowest BCUT2D eigenvalue weighted by Crippen LogP contribution is -2.63. The fraction of sp³-hybridized carbons (Fsp3) is 0.414. The van der Waals surface area contributed by atoms with Gasteiger partial charge in [0.05, 0.1) is 16.6 Å². The lowest BCUT2D eigenvalue weighted by Gasteiger charge is -2.50. The number of primary amides is 1. The number of ketones is 2. The Hall–Kier alpha value is -3.44. The number of likely N-dealkylation sites (tertiary alicyclic amines) is 1. The lowest BCUT2D eigenvalue weighted by atomic mass is 9.58. The van der Waals surface area contributed by atoms with Crippen LogP contribution in [0.15, 0.2) is 40.9 Å². The Kier molecular flexibility index (Phi) is 6.05. The third kappa shape index (κ3) is 3.49. The van der Waals surface area contributed by atoms with Crippen molar-refractivity contribution in [1.29, 1.82) is 0 Å². The smallest absolute Gasteiger partial charge is 0.255 e. The second-order valence-electron chi connectivity index (χ2n) is 11.5. The fourth-order valence-corrected chi connectivity index (χ4v) is 7.35. The van der Waals surface area contributed by atoms with E-state index in [-0.39, 0.29) is 29.7 Å². The van der Waals surface area contributed by atoms with Gasteiger partial charge in [0.25, 0.3) is 5.91 Å². The summed E-state index contributed by atoms with van der Waals surface area (Å²) >= 11 is 6.84. The number of halogens is 1. The molecule has 0 unspecified atom stereocenters. The van der Waals surface area contributed by atoms with Crippen molar-refractivity contribution in [2.75, 3.05) is 27.2 Å². The molecule has 4 aliphatic rings. The number of aliphatic hydroxyl groups is 3. The molecule has 1 saturated heterocycles. The maximum atomic E-state index is 14.0. The SMILES string of the molecule is CN(C)[C@@H]1C(O)=C(C(N)=O)C(=O)[C@@]2(O)C(O)=C3C(=O)c4c(c(Cl)c5ccc(CN6CCC6)cc5c4O)C[C@H]3C[C@@H]12. The van der Waals surface area contributed by atoms with Crippen LogP contribution in [-0.4, -0.2) is 86.5 Å². The van der Waals surface area contributed by atoms with E-state index in [1.54, 1.807) is 20.2 Å². The van der Waals surface area contributed by atoms with E-state index in [0.29, 0.717) is 27.9 Å². The number of nitrogens with two attached hydrogens (primary N) is 1. The molecule has 11 heteroatoms. The number of fused-ring (bicyclic) bond motifs is 4. The van der Waals surface area contributed by atoms with E-state index in [0.717, 1.165) is 25.1 Å². The van der Waals surface area contributed by atoms with Crippen LogP contribution >= 0.6 is 11.6 Å². The number of phenolic OH excluding ortho intramolecular Hbond substituents is 1. The Bertz CT molecular complexity index is 1590. The summed E-state index contributed by atoms with van der Waals surface area (Å²) in [7, 11) is 3.18. The Morgan fingerprint density at radius 1 is 1.18 bits per heavy atom. The highest BCUT2D eigenvalue weighted by atomic mass is 35.5. The molecule has 4 atom stereocenters. The summed E-state index contributed by atoms with van der Waals surface area (Å²) in [6, 6.07) is 4.53. The first-order valence-corrected chi connectivity index (χ1v) is 13.6. The molecule has 6 N–H and O–H groups in total. The van der Waals surface area contributed by atoms with Crippen molar-refractivity contribution in [2.24, 2.45) is 17.6 Å². The number of carbonyl (C=O) groups is 3. The van der Waals surface area contributed by atoms with E-state index in [1.165, 1.54) is 4.90 Å². The van der Waals surface area contributed by atoms with Crippen LogP contribution in [0.5, 0.6) is 5.75 Å². The van der Waals surface area contributed by atoms with Crippen LogP contribution in [0.2, 0.25) is 5.02 Å². The van der Waals surface area contributed by atoms with Gasteiger partial charge in [-0.2, -0.15) is 0 Å². The Balaban J connectivity index is 1.52. The van der Waals surface area contributed by atoms with Crippen molar-refractivity contribution in [2.45, 2.75) is 37.5 Å². The summed E-state index contributed by atoms with van der Waals surface area (Å²) in [5, 5.41) is 46.7. The molecule has 0 bridgehead atoms. The summed E-state index contributed by atoms with van der Waals surface area (Å²) in [5.41, 5.74) is 2.95. The molecular weight excluding hydrogens is 538 g/mol. The van der Waals surface area contributed by atoms with Crippen molar-refractivity contribution >= 4 is 39.8 Å². The molecule has 210 valence electrons. The number of amides is 1. The monoisotopic (exact) mass is 567 g/mol. The molecule has 6 rings (SSSR count). The summed E-state index contributed by atoms with van der Waals surface area (Å²) < 4.78 is 0. The van der Waals surface area contributed by atoms with E-state index in [2.05, 4.69) is 4.90 Å². The first-order chi connectivity index (χ1) is 18.9. The van der Waals surface area contributed by atoms with Gasteiger partial charge in [-0.05, 0) is 69.6 Å². The van der Waals surface area contributed by atoms with Crippen molar-refractivity contribution in [3.8, 4) is 5.75 Å². The predicted octanol–water partition coefficient (Wildman–Crippen LogP) is 2.13. The van der Waals surface area contributed by atoms with E-state index in [1.807, 2.05) is 12.1 Å². The number of carbonyl (C=O) groups excluding carboxylic acids is 3. The van der Waals surface area contributed by atoms with Crippen molar-refractivity contribution in [3.05, 3.63) is 62.6 Å². The van der Waals surface area contributed by atoms with Gasteiger partial charge >= 0.3 is 0 Å². The summed E-state index contributed by atoms with van der Waals surface area (Å²) in [4.78, 5) is 43.3. The third-order valence-corrected chi connectivity index (χ3v) is 9.48. The zero-order valence-electron chi connectivity index (χ0n) is 22.1. The quantitative estimate of drug-likeness (QED) is 0.348. The van der Waals surface area contributed by atoms with Crippen LogP contribution in [-0.2, 0) is 22.6 Å². The van der Waals surface area contributed by atoms with Crippen LogP contribution in [0.3, 0.4) is 0 Å². The number of hydrogen-bond donors (Lipinski definition) is 5. The summed E-state index contributed by atoms with van der Waals surface area (Å²) in [6.45, 7) is 2.67. The van der Waals surface area contributed by atoms with Crippen molar-refractivity contribution in [1.82, 2.24) is 9.80 Å². The zero-order valence-corrected chi connectivity index (χ0v) is 22.8. The average molecular weight is 568 g/mol. The molecule has 0 spiro atoms. The van der Waals surface area contributed by atoms with Crippen molar-refractivity contribution < 1.29 is 34.8 Å². The van der Waals surface area contributed by atoms with Crippen LogP contribution in [0, 0.1) is 11.8 Å². The van der Waals surface area contributed by atoms with Gasteiger partial charge in [-0.25, -0.2) is 0 Å². The van der Waals surface area contributed by atoms with Gasteiger partial charge in [0.15, 0.2) is 11.4 Å². The first kappa shape index (κ1) is 26.8. The standard InChI is InChI=1S/C29H30ClN3O7/c1-32(2)22-17-10-13-9-16-19(23(34)15-8-12(11-33-6-3-7-33)4-5-14(15)21(16)30)24(35)18(13)26(37)29(17,40)27(38)20(25(22)36)28(31)39/h4-5,8,13,17,22,34,36-37,40H,3,6-7,9-11H2,1-2H3,(H2,31,39)/t13-,17-,22-,29-/m0/s1. The molecule has 2 aromatic carbocycles. The zero-order chi connectivity index (χ0) is 28.8. The number of hydrogen-bond acceptors (Lipinski definition) is 9. The molecule has 10 nitrogen and oxygen atoms in total. The van der Waals surface area contributed by atoms with E-state index in [9.17, 15) is 34.8 Å². The maximum Gasteiger partial charge on any atom is 0.255 e. The highest BCUT2D eigenvalue weighted by Crippen LogP contribution is 2.54. The minimum absolute atomic E-state index is 0.00959. The molecule has 1 aliphatic heterocycles. The molecule has 1 amide bonds. The molecule has 0 saturated carbocycles. The molecule has 1 fully saturated rings. The van der Waals surface area contributed by atoms with Gasteiger partial charge in [-0.15, -0.1) is 0 Å². The molecule has 1 heterocycles. The summed E-state index contributed by atoms with van der Waals surface area (Å²) in [5.74, 6) is -6.82. The molecule has 0 radical (unpaired) electrons. The molecule has 40 heavy (non-hydrogen) atoms. The number of aromatic hydroxyl groups is 1. The van der Waals surface area contributed by atoms with E-state index >= 15 is 0 Å². The number of benzene rings is 2. The van der Waals surface area contributed by atoms with Gasteiger partial charge in [0.1, 0.15) is 22.8 Å². The number of nitrogens with zero attached hydrogens (tertiary/aromatic N) is 2. The largest absolute Gasteiger partial charge is 0.510 e. The van der Waals surface area contributed by atoms with Gasteiger partial charge in [0, 0.05) is 28.8 Å². The summed E-state index contributed by atoms with van der Waals surface area (Å²) in [6.07, 6.45) is 1.29. The van der Waals surface area contributed by atoms with Gasteiger partial charge in [0.2, 0.25) is 5.78 Å². The fourth-order valence-electron chi connectivity index (χ4n) is 7.01. The van der Waals surface area contributed by atoms with Crippen LogP contribution in [0.25, 0.3) is 10.8 Å². The van der Waals surface area contributed by atoms with Gasteiger partial charge in [-0.3, -0.25) is 24.2 Å². The topological polar surface area (TPSA) is 165 Å². The number of allylic oxidation sites excluding steroid dienone is 1. The Morgan fingerprint density at radius 2 is 1.88 bits per heavy atom. The van der Waals surface area contributed by atoms with E-state index in [4.69, 9.17) is 17.3 Å². The minimum atomic E-state index is -2.68. The second-order valence-corrected chi connectivity index (χ2v) is 11.9. The van der Waals surface area contributed by atoms with Gasteiger partial charge in [-0.1, -0.05) is 23.7 Å². The van der Waals surface area contributed by atoms with Crippen LogP contribution in [0.4, 0.5) is 0 Å². The molecule has 0 aromatic heterocycles. The lowest BCUT2D eigenvalue weighted by molar-refractivity contribution is -0.148. The molecule has 3 aliphatic carbocycles.